The Kier molecular flexibility index (Phi) is 3.97. The molecule has 0 aromatic heterocycles. The van der Waals surface area contributed by atoms with Crippen LogP contribution in [0, 0.1) is 11.3 Å². The minimum absolute atomic E-state index is 0.298. The van der Waals surface area contributed by atoms with Gasteiger partial charge in [-0.15, -0.1) is 0 Å². The van der Waals surface area contributed by atoms with Crippen LogP contribution in [0.4, 0.5) is 0 Å². The summed E-state index contributed by atoms with van der Waals surface area (Å²) in [6, 6.07) is 1.55. The van der Waals surface area contributed by atoms with Crippen molar-refractivity contribution in [3.05, 3.63) is 12.7 Å². The number of nitrogens with one attached hydrogen (secondary N) is 1. The molecule has 1 amide bonds. The van der Waals surface area contributed by atoms with E-state index in [1.807, 2.05) is 13.0 Å². The molecular formula is C7H10N2O. The first-order valence-corrected chi connectivity index (χ1v) is 3.07. The molecule has 1 N–H and O–H groups in total. The lowest BCUT2D eigenvalue weighted by molar-refractivity contribution is -0.116. The summed E-state index contributed by atoms with van der Waals surface area (Å²) in [5, 5.41) is 10.8. The highest BCUT2D eigenvalue weighted by molar-refractivity contribution is 5.87. The molecule has 0 bridgehead atoms. The third-order valence-corrected chi connectivity index (χ3v) is 1.07. The molecule has 0 aromatic carbocycles. The van der Waals surface area contributed by atoms with Crippen LogP contribution in [0.15, 0.2) is 12.7 Å². The average Bonchev–Trinajstić information content (AvgIpc) is 1.99. The van der Waals surface area contributed by atoms with Crippen LogP contribution in [0.1, 0.15) is 13.3 Å². The number of amides is 1. The van der Waals surface area contributed by atoms with Gasteiger partial charge in [-0.1, -0.05) is 13.5 Å². The number of nitriles is 1. The quantitative estimate of drug-likeness (QED) is 0.580. The van der Waals surface area contributed by atoms with Crippen molar-refractivity contribution < 1.29 is 4.79 Å². The Balaban J connectivity index is 3.76. The fourth-order valence-electron chi connectivity index (χ4n) is 0.456. The van der Waals surface area contributed by atoms with Gasteiger partial charge in [0, 0.05) is 0 Å². The molecule has 1 unspecified atom stereocenters. The molecule has 3 heteroatoms. The van der Waals surface area contributed by atoms with E-state index in [0.717, 1.165) is 6.08 Å². The SMILES string of the molecule is C=CC(=O)NC(C#N)CC. The zero-order valence-electron chi connectivity index (χ0n) is 5.92. The summed E-state index contributed by atoms with van der Waals surface area (Å²) in [6.07, 6.45) is 1.77. The number of hydrogen-bond acceptors (Lipinski definition) is 2. The third-order valence-electron chi connectivity index (χ3n) is 1.07. The van der Waals surface area contributed by atoms with Crippen LogP contribution in [0.2, 0.25) is 0 Å². The highest BCUT2D eigenvalue weighted by atomic mass is 16.1. The standard InChI is InChI=1S/C7H10N2O/c1-3-6(5-8)9-7(10)4-2/h4,6H,2-3H2,1H3,(H,9,10). The maximum atomic E-state index is 10.6. The van der Waals surface area contributed by atoms with Gasteiger partial charge in [0.2, 0.25) is 5.91 Å². The van der Waals surface area contributed by atoms with Crippen LogP contribution < -0.4 is 5.32 Å². The van der Waals surface area contributed by atoms with Crippen LogP contribution in [0.3, 0.4) is 0 Å². The van der Waals surface area contributed by atoms with Crippen LogP contribution in [-0.2, 0) is 4.79 Å². The predicted octanol–water partition coefficient (Wildman–Crippen LogP) is 0.591. The molecule has 0 rings (SSSR count). The van der Waals surface area contributed by atoms with Crippen LogP contribution in [0.5, 0.6) is 0 Å². The van der Waals surface area contributed by atoms with E-state index >= 15 is 0 Å². The average molecular weight is 138 g/mol. The van der Waals surface area contributed by atoms with Gasteiger partial charge in [0.05, 0.1) is 6.07 Å². The van der Waals surface area contributed by atoms with Gasteiger partial charge in [0.1, 0.15) is 6.04 Å². The minimum Gasteiger partial charge on any atom is -0.337 e. The summed E-state index contributed by atoms with van der Waals surface area (Å²) >= 11 is 0. The summed E-state index contributed by atoms with van der Waals surface area (Å²) in [7, 11) is 0. The van der Waals surface area contributed by atoms with Gasteiger partial charge >= 0.3 is 0 Å². The van der Waals surface area contributed by atoms with E-state index in [2.05, 4.69) is 11.9 Å². The Morgan fingerprint density at radius 1 is 2.00 bits per heavy atom. The number of rotatable bonds is 3. The molecule has 0 aliphatic carbocycles. The lowest BCUT2D eigenvalue weighted by Crippen LogP contribution is -2.31. The van der Waals surface area contributed by atoms with Crippen molar-refractivity contribution in [2.45, 2.75) is 19.4 Å². The van der Waals surface area contributed by atoms with Crippen molar-refractivity contribution in [2.75, 3.05) is 0 Å². The first-order valence-electron chi connectivity index (χ1n) is 3.07. The molecule has 10 heavy (non-hydrogen) atoms. The Morgan fingerprint density at radius 2 is 2.60 bits per heavy atom. The zero-order chi connectivity index (χ0) is 7.98. The molecule has 0 radical (unpaired) electrons. The highest BCUT2D eigenvalue weighted by Gasteiger charge is 2.04. The molecule has 0 fully saturated rings. The van der Waals surface area contributed by atoms with Crippen molar-refractivity contribution in [1.29, 1.82) is 5.26 Å². The second-order valence-electron chi connectivity index (χ2n) is 1.80. The molecule has 0 saturated carbocycles. The Hall–Kier alpha value is -1.30. The first kappa shape index (κ1) is 8.70. The lowest BCUT2D eigenvalue weighted by atomic mass is 10.2. The van der Waals surface area contributed by atoms with Gasteiger partial charge in [-0.05, 0) is 12.5 Å². The summed E-state index contributed by atoms with van der Waals surface area (Å²) < 4.78 is 0. The molecule has 0 heterocycles. The molecular weight excluding hydrogens is 128 g/mol. The van der Waals surface area contributed by atoms with Crippen LogP contribution in [0.25, 0.3) is 0 Å². The predicted molar refractivity (Wildman–Crippen MR) is 38.0 cm³/mol. The van der Waals surface area contributed by atoms with Crippen molar-refractivity contribution in [3.8, 4) is 6.07 Å². The Labute approximate surface area is 60.3 Å². The van der Waals surface area contributed by atoms with Crippen molar-refractivity contribution in [3.63, 3.8) is 0 Å². The van der Waals surface area contributed by atoms with Gasteiger partial charge in [-0.3, -0.25) is 4.79 Å². The largest absolute Gasteiger partial charge is 0.337 e. The zero-order valence-corrected chi connectivity index (χ0v) is 5.92. The van der Waals surface area contributed by atoms with E-state index in [0.29, 0.717) is 6.42 Å². The van der Waals surface area contributed by atoms with E-state index in [9.17, 15) is 4.79 Å². The highest BCUT2D eigenvalue weighted by Crippen LogP contribution is 1.86. The molecule has 0 saturated heterocycles. The lowest BCUT2D eigenvalue weighted by Gasteiger charge is -2.04. The monoisotopic (exact) mass is 138 g/mol. The van der Waals surface area contributed by atoms with E-state index in [4.69, 9.17) is 5.26 Å². The molecule has 0 aliphatic heterocycles. The first-order chi connectivity index (χ1) is 4.74. The molecule has 0 aliphatic rings. The van der Waals surface area contributed by atoms with E-state index in [1.165, 1.54) is 0 Å². The van der Waals surface area contributed by atoms with Crippen molar-refractivity contribution in [1.82, 2.24) is 5.32 Å². The summed E-state index contributed by atoms with van der Waals surface area (Å²) in [4.78, 5) is 10.6. The van der Waals surface area contributed by atoms with Gasteiger partial charge in [0.25, 0.3) is 0 Å². The fourth-order valence-corrected chi connectivity index (χ4v) is 0.456. The van der Waals surface area contributed by atoms with Gasteiger partial charge < -0.3 is 5.32 Å². The van der Waals surface area contributed by atoms with E-state index < -0.39 is 0 Å². The normalized spacial score (nSPS) is 11.2. The second-order valence-corrected chi connectivity index (χ2v) is 1.80. The van der Waals surface area contributed by atoms with Crippen molar-refractivity contribution >= 4 is 5.91 Å². The minimum atomic E-state index is -0.384. The molecule has 1 atom stereocenters. The van der Waals surface area contributed by atoms with Crippen molar-refractivity contribution in [2.24, 2.45) is 0 Å². The van der Waals surface area contributed by atoms with Gasteiger partial charge in [-0.2, -0.15) is 5.26 Å². The number of carbonyl (C=O) groups excluding carboxylic acids is 1. The number of carbonyl (C=O) groups is 1. The smallest absolute Gasteiger partial charge is 0.244 e. The summed E-state index contributed by atoms with van der Waals surface area (Å²) in [5.74, 6) is -0.298. The molecule has 0 aromatic rings. The Morgan fingerprint density at radius 3 is 2.90 bits per heavy atom. The van der Waals surface area contributed by atoms with E-state index in [-0.39, 0.29) is 11.9 Å². The van der Waals surface area contributed by atoms with E-state index in [1.54, 1.807) is 0 Å². The maximum absolute atomic E-state index is 10.6. The topological polar surface area (TPSA) is 52.9 Å². The number of nitrogens with zero attached hydrogens (tertiary/aromatic N) is 1. The van der Waals surface area contributed by atoms with Crippen LogP contribution >= 0.6 is 0 Å². The molecule has 0 spiro atoms. The van der Waals surface area contributed by atoms with Crippen LogP contribution in [-0.4, -0.2) is 11.9 Å². The third kappa shape index (κ3) is 2.88. The summed E-state index contributed by atoms with van der Waals surface area (Å²) in [5.41, 5.74) is 0. The fraction of sp³-hybridized carbons (Fsp3) is 0.429. The Bertz CT molecular complexity index is 169. The molecule has 54 valence electrons. The van der Waals surface area contributed by atoms with Gasteiger partial charge in [0.15, 0.2) is 0 Å². The molecule has 3 nitrogen and oxygen atoms in total. The number of hydrogen-bond donors (Lipinski definition) is 1. The maximum Gasteiger partial charge on any atom is 0.244 e. The second kappa shape index (κ2) is 4.57. The summed E-state index contributed by atoms with van der Waals surface area (Å²) in [6.45, 7) is 5.09. The van der Waals surface area contributed by atoms with Gasteiger partial charge in [-0.25, -0.2) is 0 Å².